The number of aryl methyl sites for hydroxylation is 1. The minimum Gasteiger partial charge on any atom is -0.399 e. The van der Waals surface area contributed by atoms with Crippen molar-refractivity contribution in [1.82, 2.24) is 4.98 Å². The molecule has 3 rings (SSSR count). The SMILES string of the molecule is C=C(C)C(=O)c1nc(C(c2cccc(N)c2)C2CCC2)c(C)s1. The fourth-order valence-corrected chi connectivity index (χ4v) is 4.13. The van der Waals surface area contributed by atoms with Crippen LogP contribution in [0.15, 0.2) is 36.4 Å². The maximum absolute atomic E-state index is 12.2. The van der Waals surface area contributed by atoms with Crippen molar-refractivity contribution in [2.45, 2.75) is 39.0 Å². The van der Waals surface area contributed by atoms with Crippen LogP contribution in [-0.2, 0) is 0 Å². The van der Waals surface area contributed by atoms with Crippen molar-refractivity contribution in [1.29, 1.82) is 0 Å². The number of allylic oxidation sites excluding steroid dienone is 1. The highest BCUT2D eigenvalue weighted by molar-refractivity contribution is 7.13. The van der Waals surface area contributed by atoms with Crippen LogP contribution in [0.5, 0.6) is 0 Å². The molecule has 0 amide bonds. The maximum Gasteiger partial charge on any atom is 0.216 e. The van der Waals surface area contributed by atoms with Gasteiger partial charge in [-0.2, -0.15) is 0 Å². The van der Waals surface area contributed by atoms with E-state index in [1.165, 1.54) is 36.2 Å². The van der Waals surface area contributed by atoms with Crippen molar-refractivity contribution >= 4 is 22.8 Å². The van der Waals surface area contributed by atoms with Gasteiger partial charge < -0.3 is 5.73 Å². The van der Waals surface area contributed by atoms with Gasteiger partial charge >= 0.3 is 0 Å². The van der Waals surface area contributed by atoms with Crippen LogP contribution in [0.25, 0.3) is 0 Å². The monoisotopic (exact) mass is 326 g/mol. The van der Waals surface area contributed by atoms with Crippen LogP contribution in [0, 0.1) is 12.8 Å². The highest BCUT2D eigenvalue weighted by Gasteiger charge is 2.33. The molecule has 23 heavy (non-hydrogen) atoms. The number of carbonyl (C=O) groups excluding carboxylic acids is 1. The summed E-state index contributed by atoms with van der Waals surface area (Å²) >= 11 is 1.48. The van der Waals surface area contributed by atoms with Crippen LogP contribution in [0.2, 0.25) is 0 Å². The Kier molecular flexibility index (Phi) is 4.35. The molecule has 4 heteroatoms. The summed E-state index contributed by atoms with van der Waals surface area (Å²) in [6, 6.07) is 8.07. The first-order valence-electron chi connectivity index (χ1n) is 8.00. The molecule has 1 aromatic carbocycles. The number of Topliss-reactive ketones (excluding diaryl/α,β-unsaturated/α-hetero) is 1. The molecule has 1 heterocycles. The van der Waals surface area contributed by atoms with Gasteiger partial charge in [0, 0.05) is 16.5 Å². The van der Waals surface area contributed by atoms with Gasteiger partial charge in [0.05, 0.1) is 5.69 Å². The number of aromatic nitrogens is 1. The summed E-state index contributed by atoms with van der Waals surface area (Å²) in [4.78, 5) is 18.0. The van der Waals surface area contributed by atoms with Gasteiger partial charge in [-0.25, -0.2) is 4.98 Å². The highest BCUT2D eigenvalue weighted by atomic mass is 32.1. The zero-order valence-electron chi connectivity index (χ0n) is 13.6. The van der Waals surface area contributed by atoms with E-state index in [9.17, 15) is 4.79 Å². The third kappa shape index (κ3) is 3.08. The predicted octanol–water partition coefficient (Wildman–Crippen LogP) is 4.72. The van der Waals surface area contributed by atoms with Crippen molar-refractivity contribution in [2.24, 2.45) is 5.92 Å². The number of nitrogens with zero attached hydrogens (tertiary/aromatic N) is 1. The minimum absolute atomic E-state index is 0.0516. The van der Waals surface area contributed by atoms with Crippen LogP contribution in [0.3, 0.4) is 0 Å². The number of anilines is 1. The summed E-state index contributed by atoms with van der Waals surface area (Å²) in [6.07, 6.45) is 3.69. The molecule has 0 saturated heterocycles. The van der Waals surface area contributed by atoms with Crippen molar-refractivity contribution in [3.8, 4) is 0 Å². The Bertz CT molecular complexity index is 758. The Morgan fingerprint density at radius 2 is 2.17 bits per heavy atom. The minimum atomic E-state index is -0.0516. The normalized spacial score (nSPS) is 15.9. The van der Waals surface area contributed by atoms with Crippen LogP contribution >= 0.6 is 11.3 Å². The molecule has 1 aliphatic carbocycles. The molecule has 2 aromatic rings. The van der Waals surface area contributed by atoms with Crippen LogP contribution in [-0.4, -0.2) is 10.8 Å². The van der Waals surface area contributed by atoms with Crippen LogP contribution < -0.4 is 5.73 Å². The molecule has 1 aromatic heterocycles. The second-order valence-electron chi connectivity index (χ2n) is 6.41. The Morgan fingerprint density at radius 1 is 1.43 bits per heavy atom. The molecule has 1 atom stereocenters. The number of nitrogens with two attached hydrogens (primary N) is 1. The van der Waals surface area contributed by atoms with Gasteiger partial charge in [-0.05, 0) is 55.9 Å². The molecule has 1 unspecified atom stereocenters. The van der Waals surface area contributed by atoms with Crippen molar-refractivity contribution in [3.63, 3.8) is 0 Å². The number of ketones is 1. The molecule has 1 saturated carbocycles. The number of benzene rings is 1. The van der Waals surface area contributed by atoms with E-state index in [2.05, 4.69) is 19.6 Å². The zero-order valence-corrected chi connectivity index (χ0v) is 14.5. The Morgan fingerprint density at radius 3 is 2.74 bits per heavy atom. The lowest BCUT2D eigenvalue weighted by Gasteiger charge is -2.33. The quantitative estimate of drug-likeness (QED) is 0.491. The van der Waals surface area contributed by atoms with Gasteiger partial charge in [-0.1, -0.05) is 25.1 Å². The summed E-state index contributed by atoms with van der Waals surface area (Å²) in [5, 5.41) is 0.554. The Labute approximate surface area is 141 Å². The number of hydrogen-bond donors (Lipinski definition) is 1. The third-order valence-corrected chi connectivity index (χ3v) is 5.59. The number of rotatable bonds is 5. The summed E-state index contributed by atoms with van der Waals surface area (Å²) < 4.78 is 0. The summed E-state index contributed by atoms with van der Waals surface area (Å²) in [6.45, 7) is 7.54. The fraction of sp³-hybridized carbons (Fsp3) is 0.368. The van der Waals surface area contributed by atoms with E-state index in [1.807, 2.05) is 18.2 Å². The first-order chi connectivity index (χ1) is 11.0. The molecular formula is C19H22N2OS. The number of thiazole rings is 1. The van der Waals surface area contributed by atoms with Gasteiger partial charge in [0.1, 0.15) is 0 Å². The largest absolute Gasteiger partial charge is 0.399 e. The third-order valence-electron chi connectivity index (χ3n) is 4.60. The maximum atomic E-state index is 12.2. The number of nitrogen functional groups attached to an aromatic ring is 1. The standard InChI is InChI=1S/C19H22N2OS/c1-11(2)18(22)19-21-17(12(3)23-19)16(13-6-4-7-13)14-8-5-9-15(20)10-14/h5,8-10,13,16H,1,4,6-7,20H2,2-3H3. The Hall–Kier alpha value is -1.94. The van der Waals surface area contributed by atoms with E-state index >= 15 is 0 Å². The predicted molar refractivity (Wildman–Crippen MR) is 96.0 cm³/mol. The molecule has 120 valence electrons. The highest BCUT2D eigenvalue weighted by Crippen LogP contribution is 2.45. The van der Waals surface area contributed by atoms with Crippen LogP contribution in [0.1, 0.15) is 58.0 Å². The summed E-state index contributed by atoms with van der Waals surface area (Å²) in [7, 11) is 0. The van der Waals surface area contributed by atoms with Gasteiger partial charge in [0.25, 0.3) is 0 Å². The summed E-state index contributed by atoms with van der Waals surface area (Å²) in [5.74, 6) is 0.768. The van der Waals surface area contributed by atoms with Crippen molar-refractivity contribution < 1.29 is 4.79 Å². The van der Waals surface area contributed by atoms with Crippen molar-refractivity contribution in [2.75, 3.05) is 5.73 Å². The van der Waals surface area contributed by atoms with Crippen LogP contribution in [0.4, 0.5) is 5.69 Å². The Balaban J connectivity index is 2.04. The lowest BCUT2D eigenvalue weighted by molar-refractivity contribution is 0.103. The molecular weight excluding hydrogens is 304 g/mol. The molecule has 1 aliphatic rings. The lowest BCUT2D eigenvalue weighted by Crippen LogP contribution is -2.22. The first kappa shape index (κ1) is 15.9. The second-order valence-corrected chi connectivity index (χ2v) is 7.61. The van der Waals surface area contributed by atoms with E-state index in [1.54, 1.807) is 6.92 Å². The van der Waals surface area contributed by atoms with Gasteiger partial charge in [0.15, 0.2) is 5.01 Å². The van der Waals surface area contributed by atoms with Gasteiger partial charge in [-0.15, -0.1) is 11.3 Å². The smallest absolute Gasteiger partial charge is 0.216 e. The molecule has 0 bridgehead atoms. The van der Waals surface area contributed by atoms with Gasteiger partial charge in [0.2, 0.25) is 5.78 Å². The van der Waals surface area contributed by atoms with E-state index in [0.717, 1.165) is 16.3 Å². The molecule has 2 N–H and O–H groups in total. The number of hydrogen-bond acceptors (Lipinski definition) is 4. The molecule has 0 radical (unpaired) electrons. The van der Waals surface area contributed by atoms with Gasteiger partial charge in [-0.3, -0.25) is 4.79 Å². The first-order valence-corrected chi connectivity index (χ1v) is 8.82. The fourth-order valence-electron chi connectivity index (χ4n) is 3.16. The lowest BCUT2D eigenvalue weighted by atomic mass is 9.71. The van der Waals surface area contributed by atoms with E-state index in [-0.39, 0.29) is 11.7 Å². The zero-order chi connectivity index (χ0) is 16.6. The van der Waals surface area contributed by atoms with E-state index < -0.39 is 0 Å². The summed E-state index contributed by atoms with van der Waals surface area (Å²) in [5.41, 5.74) is 9.54. The van der Waals surface area contributed by atoms with E-state index in [4.69, 9.17) is 10.7 Å². The molecule has 1 fully saturated rings. The molecule has 0 spiro atoms. The van der Waals surface area contributed by atoms with E-state index in [0.29, 0.717) is 16.5 Å². The molecule has 0 aliphatic heterocycles. The number of carbonyl (C=O) groups is 1. The average Bonchev–Trinajstić information content (AvgIpc) is 2.83. The van der Waals surface area contributed by atoms with Crippen molar-refractivity contribution in [3.05, 3.63) is 57.6 Å². The second kappa shape index (κ2) is 6.28. The average molecular weight is 326 g/mol. The topological polar surface area (TPSA) is 56.0 Å². The molecule has 3 nitrogen and oxygen atoms in total.